The highest BCUT2D eigenvalue weighted by Crippen LogP contribution is 2.25. The van der Waals surface area contributed by atoms with Crippen LogP contribution in [0.15, 0.2) is 23.2 Å². The average Bonchev–Trinajstić information content (AvgIpc) is 1.98. The van der Waals surface area contributed by atoms with Crippen LogP contribution in [-0.4, -0.2) is 6.34 Å². The fourth-order valence-electron chi connectivity index (χ4n) is 0.651. The molecule has 0 spiro atoms. The fraction of sp³-hybridized carbons (Fsp3) is 0. The number of hydrogen-bond donors (Lipinski definition) is 1. The van der Waals surface area contributed by atoms with Crippen molar-refractivity contribution in [3.63, 3.8) is 0 Å². The Morgan fingerprint density at radius 2 is 2.00 bits per heavy atom. The van der Waals surface area contributed by atoms with Gasteiger partial charge in [-0.1, -0.05) is 23.2 Å². The third kappa shape index (κ3) is 2.10. The van der Waals surface area contributed by atoms with Gasteiger partial charge in [0.25, 0.3) is 0 Å². The van der Waals surface area contributed by atoms with Gasteiger partial charge in [0, 0.05) is 0 Å². The van der Waals surface area contributed by atoms with E-state index >= 15 is 0 Å². The Hall–Kier alpha value is -0.730. The Morgan fingerprint density at radius 1 is 1.27 bits per heavy atom. The highest BCUT2D eigenvalue weighted by molar-refractivity contribution is 6.42. The summed E-state index contributed by atoms with van der Waals surface area (Å²) in [6.07, 6.45) is 1.21. The quantitative estimate of drug-likeness (QED) is 0.535. The molecule has 58 valence electrons. The minimum atomic E-state index is 0.481. The van der Waals surface area contributed by atoms with Crippen LogP contribution >= 0.6 is 23.2 Å². The van der Waals surface area contributed by atoms with Crippen molar-refractivity contribution in [3.05, 3.63) is 28.2 Å². The maximum Gasteiger partial charge on any atom is 0.0860 e. The second-order valence-electron chi connectivity index (χ2n) is 1.88. The van der Waals surface area contributed by atoms with E-state index in [1.807, 2.05) is 0 Å². The Labute approximate surface area is 74.6 Å². The van der Waals surface area contributed by atoms with Crippen molar-refractivity contribution < 1.29 is 0 Å². The van der Waals surface area contributed by atoms with Crippen LogP contribution < -0.4 is 5.73 Å². The summed E-state index contributed by atoms with van der Waals surface area (Å²) in [5.41, 5.74) is 5.78. The van der Waals surface area contributed by atoms with E-state index in [-0.39, 0.29) is 0 Å². The zero-order valence-electron chi connectivity index (χ0n) is 5.59. The molecule has 0 fully saturated rings. The zero-order valence-corrected chi connectivity index (χ0v) is 7.10. The van der Waals surface area contributed by atoms with E-state index in [0.717, 1.165) is 0 Å². The Morgan fingerprint density at radius 3 is 2.55 bits per heavy atom. The Bertz CT molecular complexity index is 284. The lowest BCUT2D eigenvalue weighted by molar-refractivity contribution is 1.52. The topological polar surface area (TPSA) is 38.4 Å². The number of benzene rings is 1. The molecule has 0 amide bonds. The molecule has 1 aromatic rings. The third-order valence-corrected chi connectivity index (χ3v) is 1.87. The standard InChI is InChI=1S/C7H6Cl2N2/c8-6-2-1-5(11-4-10)3-7(6)9/h1-4H,(H2,10,11). The smallest absolute Gasteiger partial charge is 0.0860 e. The summed E-state index contributed by atoms with van der Waals surface area (Å²) in [4.78, 5) is 3.82. The first-order valence-corrected chi connectivity index (χ1v) is 3.69. The molecule has 0 aliphatic rings. The molecule has 2 N–H and O–H groups in total. The van der Waals surface area contributed by atoms with Crippen LogP contribution in [0, 0.1) is 0 Å². The van der Waals surface area contributed by atoms with E-state index in [9.17, 15) is 0 Å². The lowest BCUT2D eigenvalue weighted by Gasteiger charge is -1.95. The maximum atomic E-state index is 5.70. The monoisotopic (exact) mass is 188 g/mol. The van der Waals surface area contributed by atoms with Crippen molar-refractivity contribution in [1.82, 2.24) is 0 Å². The van der Waals surface area contributed by atoms with Gasteiger partial charge in [-0.3, -0.25) is 0 Å². The van der Waals surface area contributed by atoms with E-state index in [0.29, 0.717) is 15.7 Å². The average molecular weight is 189 g/mol. The molecule has 1 rings (SSSR count). The molecular formula is C7H6Cl2N2. The number of rotatable bonds is 1. The molecule has 0 unspecified atom stereocenters. The van der Waals surface area contributed by atoms with Gasteiger partial charge in [0.05, 0.1) is 22.1 Å². The predicted octanol–water partition coefficient (Wildman–Crippen LogP) is 2.61. The zero-order chi connectivity index (χ0) is 8.27. The maximum absolute atomic E-state index is 5.70. The highest BCUT2D eigenvalue weighted by Gasteiger charge is 1.96. The van der Waals surface area contributed by atoms with Gasteiger partial charge in [0.2, 0.25) is 0 Å². The van der Waals surface area contributed by atoms with Crippen molar-refractivity contribution in [2.24, 2.45) is 10.7 Å². The number of aliphatic imine (C=N–C) groups is 1. The molecule has 0 aliphatic carbocycles. The number of nitrogens with zero attached hydrogens (tertiary/aromatic N) is 1. The summed E-state index contributed by atoms with van der Waals surface area (Å²) < 4.78 is 0. The van der Waals surface area contributed by atoms with Crippen molar-refractivity contribution in [2.45, 2.75) is 0 Å². The van der Waals surface area contributed by atoms with Gasteiger partial charge in [-0.15, -0.1) is 0 Å². The molecular weight excluding hydrogens is 183 g/mol. The van der Waals surface area contributed by atoms with Crippen LogP contribution in [0.25, 0.3) is 0 Å². The molecule has 4 heteroatoms. The minimum absolute atomic E-state index is 0.481. The fourth-order valence-corrected chi connectivity index (χ4v) is 0.944. The first-order valence-electron chi connectivity index (χ1n) is 2.93. The normalized spacial score (nSPS) is 10.7. The summed E-state index contributed by atoms with van der Waals surface area (Å²) in [6.45, 7) is 0. The SMILES string of the molecule is NC=Nc1ccc(Cl)c(Cl)c1. The summed E-state index contributed by atoms with van der Waals surface area (Å²) >= 11 is 11.4. The largest absolute Gasteiger partial charge is 0.390 e. The molecule has 2 nitrogen and oxygen atoms in total. The van der Waals surface area contributed by atoms with Gasteiger partial charge in [0.1, 0.15) is 0 Å². The Balaban J connectivity index is 3.05. The molecule has 0 aliphatic heterocycles. The summed E-state index contributed by atoms with van der Waals surface area (Å²) in [5, 5.41) is 0.998. The van der Waals surface area contributed by atoms with Crippen LogP contribution in [0.1, 0.15) is 0 Å². The first kappa shape index (κ1) is 8.37. The Kier molecular flexibility index (Phi) is 2.74. The molecule has 0 bridgehead atoms. The van der Waals surface area contributed by atoms with Gasteiger partial charge in [-0.2, -0.15) is 0 Å². The van der Waals surface area contributed by atoms with Crippen molar-refractivity contribution in [3.8, 4) is 0 Å². The van der Waals surface area contributed by atoms with Gasteiger partial charge in [-0.25, -0.2) is 4.99 Å². The van der Waals surface area contributed by atoms with E-state index in [2.05, 4.69) is 4.99 Å². The van der Waals surface area contributed by atoms with E-state index in [1.165, 1.54) is 6.34 Å². The van der Waals surface area contributed by atoms with E-state index in [4.69, 9.17) is 28.9 Å². The number of halogens is 2. The summed E-state index contributed by atoms with van der Waals surface area (Å²) in [5.74, 6) is 0. The number of nitrogens with two attached hydrogens (primary N) is 1. The van der Waals surface area contributed by atoms with Crippen molar-refractivity contribution >= 4 is 35.2 Å². The minimum Gasteiger partial charge on any atom is -0.390 e. The third-order valence-electron chi connectivity index (χ3n) is 1.13. The molecule has 0 heterocycles. The van der Waals surface area contributed by atoms with Crippen LogP contribution in [0.2, 0.25) is 10.0 Å². The van der Waals surface area contributed by atoms with Crippen LogP contribution in [0.4, 0.5) is 5.69 Å². The molecule has 0 saturated carbocycles. The lowest BCUT2D eigenvalue weighted by Crippen LogP contribution is -1.86. The molecule has 0 atom stereocenters. The van der Waals surface area contributed by atoms with E-state index < -0.39 is 0 Å². The van der Waals surface area contributed by atoms with Gasteiger partial charge >= 0.3 is 0 Å². The van der Waals surface area contributed by atoms with Crippen LogP contribution in [0.5, 0.6) is 0 Å². The van der Waals surface area contributed by atoms with Gasteiger partial charge < -0.3 is 5.73 Å². The second kappa shape index (κ2) is 3.60. The summed E-state index contributed by atoms with van der Waals surface area (Å²) in [6, 6.07) is 5.05. The first-order chi connectivity index (χ1) is 5.24. The van der Waals surface area contributed by atoms with Gasteiger partial charge in [0.15, 0.2) is 0 Å². The highest BCUT2D eigenvalue weighted by atomic mass is 35.5. The molecule has 0 radical (unpaired) electrons. The molecule has 1 aromatic carbocycles. The predicted molar refractivity (Wildman–Crippen MR) is 48.8 cm³/mol. The molecule has 0 aromatic heterocycles. The van der Waals surface area contributed by atoms with Crippen LogP contribution in [0.3, 0.4) is 0 Å². The lowest BCUT2D eigenvalue weighted by atomic mass is 10.3. The van der Waals surface area contributed by atoms with E-state index in [1.54, 1.807) is 18.2 Å². The molecule has 11 heavy (non-hydrogen) atoms. The van der Waals surface area contributed by atoms with Gasteiger partial charge in [-0.05, 0) is 18.2 Å². The van der Waals surface area contributed by atoms with Crippen molar-refractivity contribution in [2.75, 3.05) is 0 Å². The second-order valence-corrected chi connectivity index (χ2v) is 2.69. The molecule has 0 saturated heterocycles. The van der Waals surface area contributed by atoms with Crippen LogP contribution in [-0.2, 0) is 0 Å². The number of hydrogen-bond acceptors (Lipinski definition) is 1. The summed E-state index contributed by atoms with van der Waals surface area (Å²) in [7, 11) is 0. The van der Waals surface area contributed by atoms with Crippen molar-refractivity contribution in [1.29, 1.82) is 0 Å².